The Balaban J connectivity index is 2.14. The summed E-state index contributed by atoms with van der Waals surface area (Å²) >= 11 is 0. The van der Waals surface area contributed by atoms with Crippen molar-refractivity contribution >= 4 is 0 Å². The molecule has 3 nitrogen and oxygen atoms in total. The molecule has 3 rings (SSSR count). The van der Waals surface area contributed by atoms with Crippen LogP contribution in [0.1, 0.15) is 16.7 Å². The quantitative estimate of drug-likeness (QED) is 0.735. The van der Waals surface area contributed by atoms with Crippen LogP contribution in [0.25, 0.3) is 11.3 Å². The minimum Gasteiger partial charge on any atom is -0.303 e. The lowest BCUT2D eigenvalue weighted by atomic mass is 10.1. The fourth-order valence-corrected chi connectivity index (χ4v) is 2.57. The van der Waals surface area contributed by atoms with Crippen molar-refractivity contribution in [2.75, 3.05) is 0 Å². The minimum atomic E-state index is -0.347. The molecule has 0 N–H and O–H groups in total. The smallest absolute Gasteiger partial charge is 0.269 e. The van der Waals surface area contributed by atoms with Gasteiger partial charge >= 0.3 is 0 Å². The van der Waals surface area contributed by atoms with E-state index in [1.165, 1.54) is 18.2 Å². The summed E-state index contributed by atoms with van der Waals surface area (Å²) in [6.45, 7) is 2.34. The summed E-state index contributed by atoms with van der Waals surface area (Å²) in [6, 6.07) is 19.0. The zero-order valence-electron chi connectivity index (χ0n) is 13.2. The summed E-state index contributed by atoms with van der Waals surface area (Å²) in [5.74, 6) is -0.333. The highest BCUT2D eigenvalue weighted by molar-refractivity contribution is 5.60. The van der Waals surface area contributed by atoms with Gasteiger partial charge in [0, 0.05) is 0 Å². The zero-order chi connectivity index (χ0) is 17.1. The van der Waals surface area contributed by atoms with E-state index in [9.17, 15) is 9.18 Å². The fourth-order valence-electron chi connectivity index (χ4n) is 2.57. The van der Waals surface area contributed by atoms with Crippen LogP contribution < -0.4 is 5.56 Å². The van der Waals surface area contributed by atoms with Gasteiger partial charge in [-0.1, -0.05) is 29.8 Å². The van der Waals surface area contributed by atoms with Crippen LogP contribution in [0.2, 0.25) is 0 Å². The molecule has 1 aromatic heterocycles. The van der Waals surface area contributed by atoms with Crippen molar-refractivity contribution < 1.29 is 4.39 Å². The highest BCUT2D eigenvalue weighted by Gasteiger charge is 2.11. The molecule has 0 atom stereocenters. The number of benzene rings is 2. The first-order valence-electron chi connectivity index (χ1n) is 7.54. The molecule has 3 aromatic rings. The second-order valence-electron chi connectivity index (χ2n) is 5.63. The number of pyridine rings is 1. The SMILES string of the molecule is Cc1ccc(Cn2c(-c3ccc(F)cc3)ccc(C#N)c2=O)cc1. The third-order valence-corrected chi connectivity index (χ3v) is 3.90. The molecule has 0 fully saturated rings. The van der Waals surface area contributed by atoms with Crippen molar-refractivity contribution in [1.82, 2.24) is 4.57 Å². The molecule has 0 aliphatic rings. The topological polar surface area (TPSA) is 45.8 Å². The predicted molar refractivity (Wildman–Crippen MR) is 91.1 cm³/mol. The van der Waals surface area contributed by atoms with Crippen LogP contribution in [-0.2, 0) is 6.54 Å². The molecule has 118 valence electrons. The zero-order valence-corrected chi connectivity index (χ0v) is 13.2. The van der Waals surface area contributed by atoms with Gasteiger partial charge in [0.25, 0.3) is 5.56 Å². The molecule has 0 saturated carbocycles. The van der Waals surface area contributed by atoms with E-state index in [-0.39, 0.29) is 16.9 Å². The van der Waals surface area contributed by atoms with E-state index in [0.29, 0.717) is 12.2 Å². The third kappa shape index (κ3) is 3.11. The molecule has 4 heteroatoms. The molecule has 0 saturated heterocycles. The molecule has 1 heterocycles. The number of nitrogens with zero attached hydrogens (tertiary/aromatic N) is 2. The van der Waals surface area contributed by atoms with Crippen LogP contribution in [0.4, 0.5) is 4.39 Å². The maximum Gasteiger partial charge on any atom is 0.269 e. The van der Waals surface area contributed by atoms with Crippen LogP contribution in [0, 0.1) is 24.1 Å². The van der Waals surface area contributed by atoms with Gasteiger partial charge in [-0.2, -0.15) is 5.26 Å². The van der Waals surface area contributed by atoms with Gasteiger partial charge in [-0.15, -0.1) is 0 Å². The van der Waals surface area contributed by atoms with E-state index in [1.54, 1.807) is 22.8 Å². The summed E-state index contributed by atoms with van der Waals surface area (Å²) in [4.78, 5) is 12.6. The highest BCUT2D eigenvalue weighted by Crippen LogP contribution is 2.20. The Morgan fingerprint density at radius 2 is 1.67 bits per heavy atom. The van der Waals surface area contributed by atoms with Gasteiger partial charge in [0.05, 0.1) is 12.2 Å². The Hall–Kier alpha value is -3.19. The maximum atomic E-state index is 13.2. The second kappa shape index (κ2) is 6.51. The molecular weight excluding hydrogens is 303 g/mol. The molecule has 0 bridgehead atoms. The second-order valence-corrected chi connectivity index (χ2v) is 5.63. The fraction of sp³-hybridized carbons (Fsp3) is 0.100. The van der Waals surface area contributed by atoms with Gasteiger partial charge in [0.2, 0.25) is 0 Å². The first-order valence-corrected chi connectivity index (χ1v) is 7.54. The Kier molecular flexibility index (Phi) is 4.26. The van der Waals surface area contributed by atoms with E-state index in [2.05, 4.69) is 0 Å². The normalized spacial score (nSPS) is 10.4. The first kappa shape index (κ1) is 15.7. The van der Waals surface area contributed by atoms with Crippen molar-refractivity contribution in [2.24, 2.45) is 0 Å². The van der Waals surface area contributed by atoms with Crippen LogP contribution in [0.5, 0.6) is 0 Å². The van der Waals surface area contributed by atoms with Gasteiger partial charge in [-0.3, -0.25) is 4.79 Å². The monoisotopic (exact) mass is 318 g/mol. The minimum absolute atomic E-state index is 0.0907. The molecule has 0 aliphatic carbocycles. The Bertz CT molecular complexity index is 965. The number of hydrogen-bond acceptors (Lipinski definition) is 2. The van der Waals surface area contributed by atoms with Crippen molar-refractivity contribution in [2.45, 2.75) is 13.5 Å². The lowest BCUT2D eigenvalue weighted by Crippen LogP contribution is -2.24. The predicted octanol–water partition coefficient (Wildman–Crippen LogP) is 3.88. The lowest BCUT2D eigenvalue weighted by Gasteiger charge is -2.14. The van der Waals surface area contributed by atoms with Crippen LogP contribution >= 0.6 is 0 Å². The van der Waals surface area contributed by atoms with E-state index >= 15 is 0 Å². The average Bonchev–Trinajstić information content (AvgIpc) is 2.59. The summed E-state index contributed by atoms with van der Waals surface area (Å²) in [5, 5.41) is 9.13. The summed E-state index contributed by atoms with van der Waals surface area (Å²) in [6.07, 6.45) is 0. The third-order valence-electron chi connectivity index (χ3n) is 3.90. The number of aromatic nitrogens is 1. The molecule has 2 aromatic carbocycles. The van der Waals surface area contributed by atoms with Crippen molar-refractivity contribution in [1.29, 1.82) is 5.26 Å². The summed E-state index contributed by atoms with van der Waals surface area (Å²) in [7, 11) is 0. The Labute approximate surface area is 139 Å². The van der Waals surface area contributed by atoms with E-state index in [4.69, 9.17) is 5.26 Å². The van der Waals surface area contributed by atoms with Gasteiger partial charge in [0.15, 0.2) is 0 Å². The van der Waals surface area contributed by atoms with Gasteiger partial charge in [-0.25, -0.2) is 4.39 Å². The van der Waals surface area contributed by atoms with Gasteiger partial charge < -0.3 is 4.57 Å². The van der Waals surface area contributed by atoms with E-state index in [0.717, 1.165) is 16.7 Å². The summed E-state index contributed by atoms with van der Waals surface area (Å²) in [5.41, 5.74) is 3.22. The average molecular weight is 318 g/mol. The number of nitriles is 1. The molecule has 0 radical (unpaired) electrons. The van der Waals surface area contributed by atoms with Crippen LogP contribution in [0.15, 0.2) is 65.5 Å². The largest absolute Gasteiger partial charge is 0.303 e. The summed E-state index contributed by atoms with van der Waals surface area (Å²) < 4.78 is 14.7. The van der Waals surface area contributed by atoms with Gasteiger partial charge in [-0.05, 0) is 54.4 Å². The number of hydrogen-bond donors (Lipinski definition) is 0. The molecular formula is C20H15FN2O. The Morgan fingerprint density at radius 1 is 1.00 bits per heavy atom. The van der Waals surface area contributed by atoms with E-state index in [1.807, 2.05) is 37.3 Å². The standard InChI is InChI=1S/C20H15FN2O/c1-14-2-4-15(5-3-14)13-23-19(11-8-17(12-22)20(23)24)16-6-9-18(21)10-7-16/h2-11H,13H2,1H3. The highest BCUT2D eigenvalue weighted by atomic mass is 19.1. The molecule has 0 aliphatic heterocycles. The van der Waals surface area contributed by atoms with Crippen LogP contribution in [0.3, 0.4) is 0 Å². The van der Waals surface area contributed by atoms with Crippen molar-refractivity contribution in [3.63, 3.8) is 0 Å². The lowest BCUT2D eigenvalue weighted by molar-refractivity contribution is 0.628. The van der Waals surface area contributed by atoms with Gasteiger partial charge in [0.1, 0.15) is 17.4 Å². The van der Waals surface area contributed by atoms with Crippen molar-refractivity contribution in [3.8, 4) is 17.3 Å². The number of aryl methyl sites for hydroxylation is 1. The first-order chi connectivity index (χ1) is 11.6. The molecule has 0 unspecified atom stereocenters. The number of rotatable bonds is 3. The molecule has 0 spiro atoms. The maximum absolute atomic E-state index is 13.2. The molecule has 24 heavy (non-hydrogen) atoms. The Morgan fingerprint density at radius 3 is 2.29 bits per heavy atom. The molecule has 0 amide bonds. The number of halogens is 1. The van der Waals surface area contributed by atoms with E-state index < -0.39 is 0 Å². The van der Waals surface area contributed by atoms with Crippen molar-refractivity contribution in [3.05, 3.63) is 93.5 Å². The van der Waals surface area contributed by atoms with Crippen LogP contribution in [-0.4, -0.2) is 4.57 Å².